The molecule has 0 atom stereocenters. The summed E-state index contributed by atoms with van der Waals surface area (Å²) >= 11 is 6.01. The lowest BCUT2D eigenvalue weighted by atomic mass is 10.2. The molecule has 0 bridgehead atoms. The normalized spacial score (nSPS) is 11.9. The molecule has 176 valence electrons. The number of rotatable bonds is 10. The van der Waals surface area contributed by atoms with Crippen molar-refractivity contribution < 1.29 is 28.5 Å². The highest BCUT2D eigenvalue weighted by Gasteiger charge is 2.14. The Balaban J connectivity index is 1.32. The van der Waals surface area contributed by atoms with Gasteiger partial charge in [0.1, 0.15) is 12.4 Å². The number of benzene rings is 3. The number of carbonyl (C=O) groups is 1. The summed E-state index contributed by atoms with van der Waals surface area (Å²) in [5.74, 6) is 2.61. The van der Waals surface area contributed by atoms with Crippen molar-refractivity contribution in [3.63, 3.8) is 0 Å². The smallest absolute Gasteiger partial charge is 0.277 e. The van der Waals surface area contributed by atoms with Gasteiger partial charge in [0.2, 0.25) is 6.79 Å². The number of nitrogens with zero attached hydrogens (tertiary/aromatic N) is 1. The van der Waals surface area contributed by atoms with Crippen LogP contribution in [-0.2, 0) is 11.4 Å². The molecule has 1 aliphatic heterocycles. The van der Waals surface area contributed by atoms with E-state index in [1.54, 1.807) is 36.4 Å². The lowest BCUT2D eigenvalue weighted by molar-refractivity contribution is -0.123. The van der Waals surface area contributed by atoms with Crippen LogP contribution >= 0.6 is 11.6 Å². The largest absolute Gasteiger partial charge is 0.490 e. The fourth-order valence-corrected chi connectivity index (χ4v) is 3.29. The molecule has 0 unspecified atom stereocenters. The summed E-state index contributed by atoms with van der Waals surface area (Å²) in [6.45, 7) is 2.72. The number of para-hydroxylation sites is 1. The van der Waals surface area contributed by atoms with E-state index in [0.717, 1.165) is 16.9 Å². The van der Waals surface area contributed by atoms with Gasteiger partial charge in [-0.3, -0.25) is 4.79 Å². The first-order valence-corrected chi connectivity index (χ1v) is 11.0. The lowest BCUT2D eigenvalue weighted by Crippen LogP contribution is -2.24. The van der Waals surface area contributed by atoms with Gasteiger partial charge in [-0.2, -0.15) is 5.10 Å². The number of nitrogens with one attached hydrogen (secondary N) is 1. The summed E-state index contributed by atoms with van der Waals surface area (Å²) < 4.78 is 27.8. The second-order valence-corrected chi connectivity index (χ2v) is 7.53. The van der Waals surface area contributed by atoms with Crippen molar-refractivity contribution in [1.29, 1.82) is 0 Å². The van der Waals surface area contributed by atoms with Gasteiger partial charge in [0.15, 0.2) is 29.6 Å². The minimum atomic E-state index is -0.412. The second-order valence-electron chi connectivity index (χ2n) is 7.13. The molecule has 0 aliphatic carbocycles. The standard InChI is InChI=1S/C25H23ClN2O6/c1-2-30-23-11-17(13-27-28-25(29)15-32-20-6-4-3-5-19(20)26)7-9-21(23)31-14-18-8-10-22-24(12-18)34-16-33-22/h3-13H,2,14-16H2,1H3,(H,28,29)/b27-13-. The Morgan fingerprint density at radius 2 is 1.85 bits per heavy atom. The molecule has 3 aromatic rings. The Labute approximate surface area is 202 Å². The number of ether oxygens (including phenoxy) is 5. The van der Waals surface area contributed by atoms with Gasteiger partial charge in [0.25, 0.3) is 5.91 Å². The molecule has 0 aromatic heterocycles. The number of hydrogen-bond acceptors (Lipinski definition) is 7. The maximum Gasteiger partial charge on any atom is 0.277 e. The van der Waals surface area contributed by atoms with Crippen molar-refractivity contribution in [2.24, 2.45) is 5.10 Å². The molecule has 1 amide bonds. The van der Waals surface area contributed by atoms with Gasteiger partial charge >= 0.3 is 0 Å². The first-order chi connectivity index (χ1) is 16.6. The third kappa shape index (κ3) is 6.11. The highest BCUT2D eigenvalue weighted by atomic mass is 35.5. The van der Waals surface area contributed by atoms with Crippen LogP contribution in [0.25, 0.3) is 0 Å². The molecular formula is C25H23ClN2O6. The summed E-state index contributed by atoms with van der Waals surface area (Å²) in [5.41, 5.74) is 4.09. The average Bonchev–Trinajstić information content (AvgIpc) is 3.31. The maximum atomic E-state index is 12.0. The molecule has 0 radical (unpaired) electrons. The van der Waals surface area contributed by atoms with Crippen LogP contribution < -0.4 is 29.1 Å². The van der Waals surface area contributed by atoms with Crippen molar-refractivity contribution in [3.05, 3.63) is 76.8 Å². The molecule has 0 spiro atoms. The van der Waals surface area contributed by atoms with Crippen molar-refractivity contribution in [2.45, 2.75) is 13.5 Å². The lowest BCUT2D eigenvalue weighted by Gasteiger charge is -2.13. The predicted molar refractivity (Wildman–Crippen MR) is 127 cm³/mol. The monoisotopic (exact) mass is 482 g/mol. The molecule has 1 aliphatic rings. The number of amides is 1. The topological polar surface area (TPSA) is 87.6 Å². The molecule has 8 nitrogen and oxygen atoms in total. The van der Waals surface area contributed by atoms with Gasteiger partial charge in [0.05, 0.1) is 17.8 Å². The highest BCUT2D eigenvalue weighted by molar-refractivity contribution is 6.32. The summed E-state index contributed by atoms with van der Waals surface area (Å²) in [6.07, 6.45) is 1.51. The van der Waals surface area contributed by atoms with Gasteiger partial charge in [-0.15, -0.1) is 0 Å². The van der Waals surface area contributed by atoms with E-state index in [1.807, 2.05) is 31.2 Å². The molecule has 4 rings (SSSR count). The summed E-state index contributed by atoms with van der Waals surface area (Å²) in [5, 5.41) is 4.41. The highest BCUT2D eigenvalue weighted by Crippen LogP contribution is 2.34. The number of fused-ring (bicyclic) bond motifs is 1. The van der Waals surface area contributed by atoms with Crippen molar-refractivity contribution in [2.75, 3.05) is 20.0 Å². The molecule has 34 heavy (non-hydrogen) atoms. The average molecular weight is 483 g/mol. The van der Waals surface area contributed by atoms with E-state index < -0.39 is 5.91 Å². The third-order valence-electron chi connectivity index (χ3n) is 4.70. The summed E-state index contributed by atoms with van der Waals surface area (Å²) in [4.78, 5) is 12.0. The molecule has 1 N–H and O–H groups in total. The van der Waals surface area contributed by atoms with E-state index in [1.165, 1.54) is 6.21 Å². The molecule has 1 heterocycles. The zero-order valence-corrected chi connectivity index (χ0v) is 19.2. The van der Waals surface area contributed by atoms with Crippen LogP contribution in [0.4, 0.5) is 0 Å². The van der Waals surface area contributed by atoms with Crippen molar-refractivity contribution in [3.8, 4) is 28.7 Å². The Morgan fingerprint density at radius 3 is 2.71 bits per heavy atom. The van der Waals surface area contributed by atoms with Gasteiger partial charge in [-0.25, -0.2) is 5.43 Å². The SMILES string of the molecule is CCOc1cc(/C=N\NC(=O)COc2ccccc2Cl)ccc1OCc1ccc2c(c1)OCO2. The van der Waals surface area contributed by atoms with Crippen LogP contribution in [0, 0.1) is 0 Å². The minimum absolute atomic E-state index is 0.210. The molecule has 0 saturated heterocycles. The Bertz CT molecular complexity index is 1180. The Morgan fingerprint density at radius 1 is 1.00 bits per heavy atom. The van der Waals surface area contributed by atoms with Crippen molar-refractivity contribution in [1.82, 2.24) is 5.43 Å². The van der Waals surface area contributed by atoms with Gasteiger partial charge < -0.3 is 23.7 Å². The van der Waals surface area contributed by atoms with E-state index in [9.17, 15) is 4.79 Å². The second kappa shape index (κ2) is 11.3. The zero-order chi connectivity index (χ0) is 23.8. The molecule has 3 aromatic carbocycles. The van der Waals surface area contributed by atoms with Crippen LogP contribution in [0.3, 0.4) is 0 Å². The Hall–Kier alpha value is -3.91. The van der Waals surface area contributed by atoms with E-state index in [4.69, 9.17) is 35.3 Å². The fourth-order valence-electron chi connectivity index (χ4n) is 3.10. The van der Waals surface area contributed by atoms with E-state index >= 15 is 0 Å². The van der Waals surface area contributed by atoms with Gasteiger partial charge in [-0.1, -0.05) is 29.8 Å². The van der Waals surface area contributed by atoms with Crippen molar-refractivity contribution >= 4 is 23.7 Å². The van der Waals surface area contributed by atoms with E-state index in [-0.39, 0.29) is 13.4 Å². The van der Waals surface area contributed by atoms with Crippen LogP contribution in [0.2, 0.25) is 5.02 Å². The predicted octanol–water partition coefficient (Wildman–Crippen LogP) is 4.58. The zero-order valence-electron chi connectivity index (χ0n) is 18.5. The number of halogens is 1. The molecular weight excluding hydrogens is 460 g/mol. The van der Waals surface area contributed by atoms with Crippen LogP contribution in [0.1, 0.15) is 18.1 Å². The third-order valence-corrected chi connectivity index (χ3v) is 5.01. The quantitative estimate of drug-likeness (QED) is 0.336. The van der Waals surface area contributed by atoms with Gasteiger partial charge in [-0.05, 0) is 60.5 Å². The molecule has 9 heteroatoms. The van der Waals surface area contributed by atoms with E-state index in [2.05, 4.69) is 10.5 Å². The van der Waals surface area contributed by atoms with E-state index in [0.29, 0.717) is 41.2 Å². The summed E-state index contributed by atoms with van der Waals surface area (Å²) in [7, 11) is 0. The number of carbonyl (C=O) groups excluding carboxylic acids is 1. The minimum Gasteiger partial charge on any atom is -0.490 e. The maximum absolute atomic E-state index is 12.0. The molecule has 0 saturated carbocycles. The Kier molecular flexibility index (Phi) is 7.72. The van der Waals surface area contributed by atoms with Gasteiger partial charge in [0, 0.05) is 0 Å². The first kappa shape index (κ1) is 23.3. The fraction of sp³-hybridized carbons (Fsp3) is 0.200. The first-order valence-electron chi connectivity index (χ1n) is 10.6. The molecule has 0 fully saturated rings. The summed E-state index contributed by atoms with van der Waals surface area (Å²) in [6, 6.07) is 18.0. The van der Waals surface area contributed by atoms with Crippen LogP contribution in [0.15, 0.2) is 65.8 Å². The number of hydrogen-bond donors (Lipinski definition) is 1. The number of hydrazone groups is 1. The van der Waals surface area contributed by atoms with Crippen LogP contribution in [-0.4, -0.2) is 32.1 Å². The van der Waals surface area contributed by atoms with Crippen LogP contribution in [0.5, 0.6) is 28.7 Å².